The number of halogens is 3. The highest BCUT2D eigenvalue weighted by Crippen LogP contribution is 2.25. The van der Waals surface area contributed by atoms with Gasteiger partial charge in [0.2, 0.25) is 10.0 Å². The minimum Gasteiger partial charge on any atom is -0.409 e. The molecule has 0 saturated carbocycles. The Kier molecular flexibility index (Phi) is 5.02. The van der Waals surface area contributed by atoms with Gasteiger partial charge >= 0.3 is 6.18 Å². The molecule has 112 valence electrons. The maximum absolute atomic E-state index is 12.0. The van der Waals surface area contributed by atoms with Crippen molar-refractivity contribution in [2.45, 2.75) is 37.9 Å². The van der Waals surface area contributed by atoms with E-state index in [1.165, 1.54) is 0 Å². The van der Waals surface area contributed by atoms with Crippen molar-refractivity contribution in [3.8, 4) is 0 Å². The van der Waals surface area contributed by atoms with Gasteiger partial charge in [-0.25, -0.2) is 8.42 Å². The molecule has 0 radical (unpaired) electrons. The summed E-state index contributed by atoms with van der Waals surface area (Å²) in [5.74, 6) is -0.835. The molecule has 1 saturated heterocycles. The van der Waals surface area contributed by atoms with E-state index in [0.717, 1.165) is 4.31 Å². The first-order chi connectivity index (χ1) is 8.67. The molecular formula is C9H16F3N3O3S. The lowest BCUT2D eigenvalue weighted by molar-refractivity contribution is -0.134. The molecule has 10 heteroatoms. The summed E-state index contributed by atoms with van der Waals surface area (Å²) in [4.78, 5) is 0. The Hall–Kier alpha value is -1.03. The monoisotopic (exact) mass is 303 g/mol. The predicted molar refractivity (Wildman–Crippen MR) is 62.2 cm³/mol. The van der Waals surface area contributed by atoms with Crippen LogP contribution in [0.5, 0.6) is 0 Å². The number of nitrogens with two attached hydrogens (primary N) is 1. The predicted octanol–water partition coefficient (Wildman–Crippen LogP) is 0.869. The molecule has 0 aliphatic carbocycles. The van der Waals surface area contributed by atoms with E-state index < -0.39 is 40.8 Å². The zero-order valence-corrected chi connectivity index (χ0v) is 10.9. The average molecular weight is 303 g/mol. The van der Waals surface area contributed by atoms with Gasteiger partial charge in [-0.3, -0.25) is 0 Å². The standard InChI is InChI=1S/C9H16F3N3O3S/c10-9(11,12)4-2-6-19(17,18)15-5-1-3-7(15)8(13)14-16/h7,16H,1-6H2,(H2,13,14). The Morgan fingerprint density at radius 1 is 1.47 bits per heavy atom. The minimum atomic E-state index is -4.37. The van der Waals surface area contributed by atoms with Crippen LogP contribution in [0.3, 0.4) is 0 Å². The largest absolute Gasteiger partial charge is 0.409 e. The highest BCUT2D eigenvalue weighted by atomic mass is 32.2. The zero-order valence-electron chi connectivity index (χ0n) is 10.1. The van der Waals surface area contributed by atoms with Crippen LogP contribution in [-0.4, -0.2) is 48.3 Å². The van der Waals surface area contributed by atoms with Crippen molar-refractivity contribution >= 4 is 15.9 Å². The molecule has 0 amide bonds. The van der Waals surface area contributed by atoms with Crippen LogP contribution in [0.2, 0.25) is 0 Å². The summed E-state index contributed by atoms with van der Waals surface area (Å²) in [5, 5.41) is 11.3. The van der Waals surface area contributed by atoms with Gasteiger partial charge in [-0.2, -0.15) is 17.5 Å². The van der Waals surface area contributed by atoms with E-state index in [-0.39, 0.29) is 12.4 Å². The first-order valence-electron chi connectivity index (χ1n) is 5.71. The van der Waals surface area contributed by atoms with Gasteiger partial charge in [0.15, 0.2) is 5.84 Å². The Morgan fingerprint density at radius 3 is 2.63 bits per heavy atom. The Labute approximate surface area is 109 Å². The molecule has 0 aromatic heterocycles. The number of hydrogen-bond donors (Lipinski definition) is 2. The van der Waals surface area contributed by atoms with Gasteiger partial charge in [-0.15, -0.1) is 0 Å². The first-order valence-corrected chi connectivity index (χ1v) is 7.32. The second-order valence-electron chi connectivity index (χ2n) is 4.33. The quantitative estimate of drug-likeness (QED) is 0.341. The number of oxime groups is 1. The van der Waals surface area contributed by atoms with Crippen molar-refractivity contribution in [3.05, 3.63) is 0 Å². The highest BCUT2D eigenvalue weighted by molar-refractivity contribution is 7.89. The zero-order chi connectivity index (χ0) is 14.7. The van der Waals surface area contributed by atoms with Crippen LogP contribution >= 0.6 is 0 Å². The summed E-state index contributed by atoms with van der Waals surface area (Å²) in [6, 6.07) is -0.763. The maximum atomic E-state index is 12.0. The number of rotatable bonds is 5. The van der Waals surface area contributed by atoms with E-state index in [1.54, 1.807) is 0 Å². The maximum Gasteiger partial charge on any atom is 0.389 e. The SMILES string of the molecule is NC(=NO)C1CCCN1S(=O)(=O)CCCC(F)(F)F. The van der Waals surface area contributed by atoms with Gasteiger partial charge in [0, 0.05) is 13.0 Å². The molecule has 0 aromatic carbocycles. The lowest BCUT2D eigenvalue weighted by Gasteiger charge is -2.23. The van der Waals surface area contributed by atoms with E-state index in [2.05, 4.69) is 5.16 Å². The van der Waals surface area contributed by atoms with Gasteiger partial charge in [-0.05, 0) is 19.3 Å². The molecule has 1 fully saturated rings. The van der Waals surface area contributed by atoms with Gasteiger partial charge in [0.25, 0.3) is 0 Å². The van der Waals surface area contributed by atoms with Crippen molar-refractivity contribution in [1.82, 2.24) is 4.31 Å². The molecule has 3 N–H and O–H groups in total. The molecular weight excluding hydrogens is 287 g/mol. The van der Waals surface area contributed by atoms with Crippen LogP contribution in [-0.2, 0) is 10.0 Å². The molecule has 1 heterocycles. The van der Waals surface area contributed by atoms with Crippen LogP contribution in [0.15, 0.2) is 5.16 Å². The van der Waals surface area contributed by atoms with Crippen molar-refractivity contribution in [2.75, 3.05) is 12.3 Å². The third kappa shape index (κ3) is 4.53. The number of sulfonamides is 1. The normalized spacial score (nSPS) is 22.9. The fraction of sp³-hybridized carbons (Fsp3) is 0.889. The summed E-state index contributed by atoms with van der Waals surface area (Å²) in [5.41, 5.74) is 5.38. The lowest BCUT2D eigenvalue weighted by Crippen LogP contribution is -2.44. The Balaban J connectivity index is 2.66. The van der Waals surface area contributed by atoms with E-state index in [4.69, 9.17) is 10.9 Å². The minimum absolute atomic E-state index is 0.176. The van der Waals surface area contributed by atoms with Crippen LogP contribution in [0.4, 0.5) is 13.2 Å². The van der Waals surface area contributed by atoms with E-state index >= 15 is 0 Å². The lowest BCUT2D eigenvalue weighted by atomic mass is 10.2. The molecule has 1 unspecified atom stereocenters. The van der Waals surface area contributed by atoms with Crippen LogP contribution in [0.25, 0.3) is 0 Å². The fourth-order valence-electron chi connectivity index (χ4n) is 2.01. The molecule has 1 aliphatic rings. The molecule has 1 rings (SSSR count). The van der Waals surface area contributed by atoms with Gasteiger partial charge in [-0.1, -0.05) is 5.16 Å². The van der Waals surface area contributed by atoms with E-state index in [0.29, 0.717) is 12.8 Å². The molecule has 0 aromatic rings. The fourth-order valence-corrected chi connectivity index (χ4v) is 3.76. The number of hydrogen-bond acceptors (Lipinski definition) is 4. The third-order valence-electron chi connectivity index (χ3n) is 2.88. The van der Waals surface area contributed by atoms with Crippen molar-refractivity contribution in [3.63, 3.8) is 0 Å². The number of amidine groups is 1. The van der Waals surface area contributed by atoms with E-state index in [9.17, 15) is 21.6 Å². The van der Waals surface area contributed by atoms with Crippen molar-refractivity contribution in [1.29, 1.82) is 0 Å². The summed E-state index contributed by atoms with van der Waals surface area (Å²) >= 11 is 0. The van der Waals surface area contributed by atoms with Gasteiger partial charge in [0.05, 0.1) is 11.8 Å². The van der Waals surface area contributed by atoms with Crippen molar-refractivity contribution in [2.24, 2.45) is 10.9 Å². The second kappa shape index (κ2) is 5.95. The third-order valence-corrected chi connectivity index (χ3v) is 4.84. The number of alkyl halides is 3. The topological polar surface area (TPSA) is 96.0 Å². The van der Waals surface area contributed by atoms with Gasteiger partial charge < -0.3 is 10.9 Å². The summed E-state index contributed by atoms with van der Waals surface area (Å²) in [6.07, 6.45) is -5.08. The highest BCUT2D eigenvalue weighted by Gasteiger charge is 2.37. The average Bonchev–Trinajstić information content (AvgIpc) is 2.75. The molecule has 1 aliphatic heterocycles. The molecule has 19 heavy (non-hydrogen) atoms. The molecule has 1 atom stereocenters. The Bertz CT molecular complexity index is 436. The van der Waals surface area contributed by atoms with Crippen LogP contribution in [0.1, 0.15) is 25.7 Å². The summed E-state index contributed by atoms with van der Waals surface area (Å²) in [6.45, 7) is 0.176. The van der Waals surface area contributed by atoms with Crippen molar-refractivity contribution < 1.29 is 26.8 Å². The molecule has 6 nitrogen and oxygen atoms in total. The summed E-state index contributed by atoms with van der Waals surface area (Å²) < 4.78 is 60.8. The molecule has 0 bridgehead atoms. The Morgan fingerprint density at radius 2 is 2.11 bits per heavy atom. The number of nitrogens with zero attached hydrogens (tertiary/aromatic N) is 2. The molecule has 0 spiro atoms. The first kappa shape index (κ1) is 16.0. The van der Waals surface area contributed by atoms with Crippen LogP contribution in [0, 0.1) is 0 Å². The second-order valence-corrected chi connectivity index (χ2v) is 6.37. The van der Waals surface area contributed by atoms with Crippen LogP contribution < -0.4 is 5.73 Å². The smallest absolute Gasteiger partial charge is 0.389 e. The van der Waals surface area contributed by atoms with Gasteiger partial charge in [0.1, 0.15) is 0 Å². The summed E-state index contributed by atoms with van der Waals surface area (Å²) in [7, 11) is -3.83. The van der Waals surface area contributed by atoms with E-state index in [1.807, 2.05) is 0 Å².